The van der Waals surface area contributed by atoms with Crippen molar-refractivity contribution < 1.29 is 13.2 Å². The van der Waals surface area contributed by atoms with E-state index < -0.39 is 9.84 Å². The van der Waals surface area contributed by atoms with Crippen LogP contribution < -0.4 is 5.32 Å². The van der Waals surface area contributed by atoms with Gasteiger partial charge in [0.1, 0.15) is 0 Å². The number of carbonyl (C=O) groups excluding carboxylic acids is 1. The van der Waals surface area contributed by atoms with Crippen LogP contribution in [0.5, 0.6) is 0 Å². The molecule has 0 saturated carbocycles. The second kappa shape index (κ2) is 10.3. The standard InChI is InChI=1S/C24H26N4O3S.ClH/c1-3-28(4-2)16-15-22(29)25-20-13-8-12-19-23(20)26-27-24(19)32(30,31)21-14-7-10-17-9-5-6-11-18(17)21;/h5-14H,3-4,15-16H2,1-2H3,(H,25,29)(H,26,27);1H. The minimum Gasteiger partial charge on any atom is -0.324 e. The molecule has 1 heterocycles. The fourth-order valence-electron chi connectivity index (χ4n) is 3.87. The Morgan fingerprint density at radius 2 is 1.64 bits per heavy atom. The molecule has 174 valence electrons. The van der Waals surface area contributed by atoms with Crippen molar-refractivity contribution in [3.8, 4) is 0 Å². The van der Waals surface area contributed by atoms with Crippen LogP contribution >= 0.6 is 12.4 Å². The van der Waals surface area contributed by atoms with Crippen LogP contribution in [0.1, 0.15) is 20.3 Å². The lowest BCUT2D eigenvalue weighted by atomic mass is 10.1. The molecular weight excluding hydrogens is 460 g/mol. The number of sulfone groups is 1. The zero-order valence-electron chi connectivity index (χ0n) is 18.5. The van der Waals surface area contributed by atoms with Gasteiger partial charge in [-0.15, -0.1) is 12.4 Å². The molecule has 0 saturated heterocycles. The number of fused-ring (bicyclic) bond motifs is 2. The first kappa shape index (κ1) is 24.7. The zero-order chi connectivity index (χ0) is 22.7. The zero-order valence-corrected chi connectivity index (χ0v) is 20.2. The molecule has 0 spiro atoms. The van der Waals surface area contributed by atoms with Crippen molar-refractivity contribution in [2.75, 3.05) is 25.0 Å². The Kier molecular flexibility index (Phi) is 7.73. The van der Waals surface area contributed by atoms with Gasteiger partial charge >= 0.3 is 0 Å². The Labute approximate surface area is 199 Å². The van der Waals surface area contributed by atoms with Crippen molar-refractivity contribution in [3.63, 3.8) is 0 Å². The van der Waals surface area contributed by atoms with Crippen LogP contribution in [-0.2, 0) is 14.6 Å². The van der Waals surface area contributed by atoms with E-state index in [1.165, 1.54) is 0 Å². The summed E-state index contributed by atoms with van der Waals surface area (Å²) in [4.78, 5) is 14.9. The number of carbonyl (C=O) groups is 1. The highest BCUT2D eigenvalue weighted by Gasteiger charge is 2.26. The van der Waals surface area contributed by atoms with Crippen molar-refractivity contribution in [2.45, 2.75) is 30.2 Å². The van der Waals surface area contributed by atoms with Crippen molar-refractivity contribution in [1.29, 1.82) is 0 Å². The lowest BCUT2D eigenvalue weighted by Gasteiger charge is -2.17. The summed E-state index contributed by atoms with van der Waals surface area (Å²) in [6.45, 7) is 6.55. The van der Waals surface area contributed by atoms with E-state index in [1.54, 1.807) is 36.4 Å². The number of anilines is 1. The number of nitrogens with one attached hydrogen (secondary N) is 2. The number of para-hydroxylation sites is 1. The van der Waals surface area contributed by atoms with Crippen molar-refractivity contribution in [2.24, 2.45) is 0 Å². The molecule has 0 fully saturated rings. The first-order valence-electron chi connectivity index (χ1n) is 10.7. The molecular formula is C24H27ClN4O3S. The number of aromatic nitrogens is 2. The molecule has 0 radical (unpaired) electrons. The maximum atomic E-state index is 13.5. The summed E-state index contributed by atoms with van der Waals surface area (Å²) in [6.07, 6.45) is 0.355. The quantitative estimate of drug-likeness (QED) is 0.378. The fraction of sp³-hybridized carbons (Fsp3) is 0.250. The molecule has 2 N–H and O–H groups in total. The second-order valence-electron chi connectivity index (χ2n) is 7.56. The van der Waals surface area contributed by atoms with Crippen molar-refractivity contribution in [3.05, 3.63) is 60.7 Å². The Morgan fingerprint density at radius 3 is 2.39 bits per heavy atom. The maximum absolute atomic E-state index is 13.5. The van der Waals surface area contributed by atoms with E-state index in [0.29, 0.717) is 34.9 Å². The number of halogens is 1. The summed E-state index contributed by atoms with van der Waals surface area (Å²) in [5, 5.41) is 11.7. The molecule has 0 aliphatic heterocycles. The highest BCUT2D eigenvalue weighted by molar-refractivity contribution is 7.91. The molecule has 0 unspecified atom stereocenters. The summed E-state index contributed by atoms with van der Waals surface area (Å²) >= 11 is 0. The highest BCUT2D eigenvalue weighted by atomic mass is 35.5. The molecule has 3 aromatic carbocycles. The van der Waals surface area contributed by atoms with Gasteiger partial charge in [-0.3, -0.25) is 9.89 Å². The maximum Gasteiger partial charge on any atom is 0.226 e. The molecule has 0 atom stereocenters. The van der Waals surface area contributed by atoms with Gasteiger partial charge < -0.3 is 10.2 Å². The molecule has 4 aromatic rings. The van der Waals surface area contributed by atoms with Gasteiger partial charge in [-0.1, -0.05) is 56.3 Å². The molecule has 33 heavy (non-hydrogen) atoms. The molecule has 0 aliphatic rings. The predicted molar refractivity (Wildman–Crippen MR) is 134 cm³/mol. The largest absolute Gasteiger partial charge is 0.324 e. The van der Waals surface area contributed by atoms with Gasteiger partial charge in [-0.25, -0.2) is 8.42 Å². The Morgan fingerprint density at radius 1 is 0.970 bits per heavy atom. The average molecular weight is 487 g/mol. The molecule has 1 amide bonds. The fourth-order valence-corrected chi connectivity index (χ4v) is 5.44. The minimum atomic E-state index is -3.88. The first-order valence-corrected chi connectivity index (χ1v) is 12.2. The van der Waals surface area contributed by atoms with Gasteiger partial charge in [0.05, 0.1) is 16.1 Å². The summed E-state index contributed by atoms with van der Waals surface area (Å²) < 4.78 is 27.0. The molecule has 4 rings (SSSR count). The van der Waals surface area contributed by atoms with Crippen LogP contribution in [0.2, 0.25) is 0 Å². The number of aromatic amines is 1. The van der Waals surface area contributed by atoms with Crippen LogP contribution in [0.15, 0.2) is 70.6 Å². The number of benzene rings is 3. The topological polar surface area (TPSA) is 95.2 Å². The Bertz CT molecular complexity index is 1380. The van der Waals surface area contributed by atoms with Crippen LogP contribution in [0.25, 0.3) is 21.7 Å². The van der Waals surface area contributed by atoms with Crippen LogP contribution in [-0.4, -0.2) is 49.1 Å². The van der Waals surface area contributed by atoms with E-state index in [2.05, 4.69) is 34.3 Å². The third kappa shape index (κ3) is 4.88. The van der Waals surface area contributed by atoms with E-state index in [-0.39, 0.29) is 28.2 Å². The Balaban J connectivity index is 0.00000306. The average Bonchev–Trinajstić information content (AvgIpc) is 3.25. The summed E-state index contributed by atoms with van der Waals surface area (Å²) in [5.41, 5.74) is 1.00. The summed E-state index contributed by atoms with van der Waals surface area (Å²) in [5.74, 6) is -0.127. The summed E-state index contributed by atoms with van der Waals surface area (Å²) in [7, 11) is -3.88. The van der Waals surface area contributed by atoms with Gasteiger partial charge in [-0.05, 0) is 36.7 Å². The van der Waals surface area contributed by atoms with Crippen molar-refractivity contribution in [1.82, 2.24) is 15.1 Å². The number of amides is 1. The third-order valence-corrected chi connectivity index (χ3v) is 7.44. The molecule has 0 aliphatic carbocycles. The molecule has 7 nitrogen and oxygen atoms in total. The second-order valence-corrected chi connectivity index (χ2v) is 9.40. The number of H-pyrrole nitrogens is 1. The smallest absolute Gasteiger partial charge is 0.226 e. The normalized spacial score (nSPS) is 11.6. The van der Waals surface area contributed by atoms with E-state index in [4.69, 9.17) is 0 Å². The van der Waals surface area contributed by atoms with Gasteiger partial charge in [0.15, 0.2) is 5.03 Å². The SMILES string of the molecule is CCN(CC)CCC(=O)Nc1cccc2c(S(=O)(=O)c3cccc4ccccc34)n[nH]c12.Cl. The van der Waals surface area contributed by atoms with Gasteiger partial charge in [0.2, 0.25) is 15.7 Å². The van der Waals surface area contributed by atoms with Gasteiger partial charge in [-0.2, -0.15) is 5.10 Å². The number of rotatable bonds is 8. The predicted octanol–water partition coefficient (Wildman–Crippen LogP) is 4.64. The molecule has 0 bridgehead atoms. The van der Waals surface area contributed by atoms with Crippen LogP contribution in [0, 0.1) is 0 Å². The number of hydrogen-bond donors (Lipinski definition) is 2. The van der Waals surface area contributed by atoms with Gasteiger partial charge in [0, 0.05) is 23.7 Å². The molecule has 1 aromatic heterocycles. The molecule has 9 heteroatoms. The number of hydrogen-bond acceptors (Lipinski definition) is 5. The lowest BCUT2D eigenvalue weighted by Crippen LogP contribution is -2.27. The highest BCUT2D eigenvalue weighted by Crippen LogP contribution is 2.33. The van der Waals surface area contributed by atoms with Crippen LogP contribution in [0.3, 0.4) is 0 Å². The van der Waals surface area contributed by atoms with Gasteiger partial charge in [0.25, 0.3) is 0 Å². The van der Waals surface area contributed by atoms with E-state index in [0.717, 1.165) is 18.5 Å². The first-order chi connectivity index (χ1) is 15.5. The van der Waals surface area contributed by atoms with E-state index in [1.807, 2.05) is 24.3 Å². The Hall–Kier alpha value is -2.94. The van der Waals surface area contributed by atoms with Crippen molar-refractivity contribution >= 4 is 55.5 Å². The minimum absolute atomic E-state index is 0. The van der Waals surface area contributed by atoms with E-state index >= 15 is 0 Å². The summed E-state index contributed by atoms with van der Waals surface area (Å²) in [6, 6.07) is 17.7. The number of nitrogens with zero attached hydrogens (tertiary/aromatic N) is 2. The van der Waals surface area contributed by atoms with E-state index in [9.17, 15) is 13.2 Å². The lowest BCUT2D eigenvalue weighted by molar-refractivity contribution is -0.116. The monoisotopic (exact) mass is 486 g/mol. The van der Waals surface area contributed by atoms with Crippen LogP contribution in [0.4, 0.5) is 5.69 Å². The third-order valence-electron chi connectivity index (χ3n) is 5.68.